The molecule has 6 rings (SSSR count). The first kappa shape index (κ1) is 40.9. The molecule has 0 aliphatic carbocycles. The summed E-state index contributed by atoms with van der Waals surface area (Å²) in [5.41, 5.74) is 8.63. The van der Waals surface area contributed by atoms with Gasteiger partial charge in [-0.15, -0.1) is 47.5 Å². The minimum absolute atomic E-state index is 0. The summed E-state index contributed by atoms with van der Waals surface area (Å²) in [6.45, 7) is 19.3. The van der Waals surface area contributed by atoms with Gasteiger partial charge in [0.25, 0.3) is 0 Å². The summed E-state index contributed by atoms with van der Waals surface area (Å²) in [6.07, 6.45) is 14.0. The van der Waals surface area contributed by atoms with E-state index in [2.05, 4.69) is 74.0 Å². The van der Waals surface area contributed by atoms with Crippen molar-refractivity contribution in [3.8, 4) is 0 Å². The van der Waals surface area contributed by atoms with Crippen molar-refractivity contribution in [2.24, 2.45) is 11.8 Å². The molecule has 1 amide bonds. The maximum Gasteiger partial charge on any atom is 0.127 e. The zero-order valence-electron chi connectivity index (χ0n) is 25.9. The van der Waals surface area contributed by atoms with Crippen LogP contribution < -0.4 is 10.6 Å². The molecule has 44 heavy (non-hydrogen) atoms. The van der Waals surface area contributed by atoms with E-state index in [1.54, 1.807) is 0 Å². The number of rotatable bonds is 4. The minimum Gasteiger partial charge on any atom is -0.476 e. The third-order valence-corrected chi connectivity index (χ3v) is 7.45. The minimum atomic E-state index is -0.127. The van der Waals surface area contributed by atoms with Crippen molar-refractivity contribution in [2.45, 2.75) is 26.7 Å². The van der Waals surface area contributed by atoms with Crippen molar-refractivity contribution in [1.29, 1.82) is 0 Å². The summed E-state index contributed by atoms with van der Waals surface area (Å²) in [5, 5.41) is 5.72. The quantitative estimate of drug-likeness (QED) is 0.287. The van der Waals surface area contributed by atoms with Gasteiger partial charge in [0, 0.05) is 105 Å². The van der Waals surface area contributed by atoms with Gasteiger partial charge < -0.3 is 20.3 Å². The molecule has 1 fully saturated rings. The Hall–Kier alpha value is -1.13. The van der Waals surface area contributed by atoms with Gasteiger partial charge in [-0.2, -0.15) is 59.8 Å². The molecular weight excluding hydrogens is 769 g/mol. The summed E-state index contributed by atoms with van der Waals surface area (Å²) < 4.78 is 0. The topological polar surface area (TPSA) is 44.4 Å². The van der Waals surface area contributed by atoms with Gasteiger partial charge in [-0.3, -0.25) is 0 Å². The Morgan fingerprint density at radius 1 is 0.773 bits per heavy atom. The molecule has 2 unspecified atom stereocenters. The number of nitrogens with one attached hydrogen (secondary N) is 2. The smallest absolute Gasteiger partial charge is 0.127 e. The van der Waals surface area contributed by atoms with Crippen LogP contribution >= 0.6 is 0 Å². The van der Waals surface area contributed by atoms with Gasteiger partial charge in [0.2, 0.25) is 0 Å². The summed E-state index contributed by atoms with van der Waals surface area (Å²) in [5.74, 6) is 0.420. The Labute approximate surface area is 341 Å². The van der Waals surface area contributed by atoms with Crippen molar-refractivity contribution in [1.82, 2.24) is 15.5 Å². The molecule has 0 spiro atoms. The maximum atomic E-state index is 11.3. The molecule has 3 aromatic carbocycles. The molecule has 2 atom stereocenters. The van der Waals surface area contributed by atoms with Crippen molar-refractivity contribution in [3.05, 3.63) is 146 Å². The fourth-order valence-corrected chi connectivity index (χ4v) is 4.88. The van der Waals surface area contributed by atoms with Gasteiger partial charge in [0.15, 0.2) is 0 Å². The second-order valence-electron chi connectivity index (χ2n) is 10.6. The Morgan fingerprint density at radius 3 is 1.77 bits per heavy atom. The predicted molar refractivity (Wildman–Crippen MR) is 169 cm³/mol. The molecule has 2 N–H and O–H groups in total. The van der Waals surface area contributed by atoms with Crippen LogP contribution in [-0.2, 0) is 103 Å². The molecular formula is C37H39N3OY3-6. The molecule has 3 heterocycles. The number of nitrogens with zero attached hydrogens (tertiary/aromatic N) is 1. The number of carbonyl (C=O) groups excluding carboxylic acids is 1. The number of benzene rings is 3. The molecule has 3 radical (unpaired) electrons. The van der Waals surface area contributed by atoms with Crippen LogP contribution in [0.1, 0.15) is 60.1 Å². The molecule has 1 saturated heterocycles. The number of carbonyl (C=O) groups is 1. The van der Waals surface area contributed by atoms with E-state index in [1.165, 1.54) is 29.5 Å². The van der Waals surface area contributed by atoms with E-state index in [0.717, 1.165) is 47.5 Å². The second kappa shape index (κ2) is 20.9. The van der Waals surface area contributed by atoms with E-state index >= 15 is 0 Å². The Bertz CT molecular complexity index is 1430. The number of hydrogen-bond donors (Lipinski definition) is 2. The average Bonchev–Trinajstić information content (AvgIpc) is 3.73. The van der Waals surface area contributed by atoms with Crippen LogP contribution in [0.2, 0.25) is 0 Å². The van der Waals surface area contributed by atoms with E-state index in [9.17, 15) is 4.79 Å². The SMILES string of the molecule is [CH2-]c1ccccc1C1=[C-]NC(=O)C1C.[CH2-]c1ccccc1C1=[C-]NCC1C.[CH2-]c1ccccc1C=[C-]N1CCCC1.[Y].[Y].[Y]. The zero-order valence-corrected chi connectivity index (χ0v) is 34.4. The first-order valence-corrected chi connectivity index (χ1v) is 14.2. The number of likely N-dealkylation sites (tertiary alicyclic amines) is 1. The first-order chi connectivity index (χ1) is 19.8. The summed E-state index contributed by atoms with van der Waals surface area (Å²) in [7, 11) is 0. The Kier molecular flexibility index (Phi) is 19.4. The van der Waals surface area contributed by atoms with E-state index in [4.69, 9.17) is 0 Å². The molecule has 223 valence electrons. The molecule has 7 heteroatoms. The monoisotopic (exact) mass is 808 g/mol. The fourth-order valence-electron chi connectivity index (χ4n) is 4.88. The molecule has 0 aromatic heterocycles. The first-order valence-electron chi connectivity index (χ1n) is 14.2. The van der Waals surface area contributed by atoms with Crippen LogP contribution in [0.15, 0.2) is 72.8 Å². The van der Waals surface area contributed by atoms with Gasteiger partial charge in [0.05, 0.1) is 0 Å². The Morgan fingerprint density at radius 2 is 1.30 bits per heavy atom. The van der Waals surface area contributed by atoms with Gasteiger partial charge in [-0.25, -0.2) is 31.1 Å². The van der Waals surface area contributed by atoms with Gasteiger partial charge in [0.1, 0.15) is 5.91 Å². The molecule has 0 bridgehead atoms. The third kappa shape index (κ3) is 11.6. The summed E-state index contributed by atoms with van der Waals surface area (Å²) >= 11 is 0. The molecule has 3 aliphatic rings. The Balaban J connectivity index is 0.000000319. The van der Waals surface area contributed by atoms with Crippen LogP contribution in [0.3, 0.4) is 0 Å². The number of hydrogen-bond acceptors (Lipinski definition) is 3. The van der Waals surface area contributed by atoms with Crippen LogP contribution in [-0.4, -0.2) is 30.4 Å². The molecule has 0 saturated carbocycles. The van der Waals surface area contributed by atoms with E-state index < -0.39 is 0 Å². The van der Waals surface area contributed by atoms with Crippen molar-refractivity contribution in [3.63, 3.8) is 0 Å². The normalized spacial score (nSPS) is 18.0. The zero-order chi connectivity index (χ0) is 29.2. The summed E-state index contributed by atoms with van der Waals surface area (Å²) in [6, 6.07) is 24.1. The van der Waals surface area contributed by atoms with Crippen molar-refractivity contribution >= 4 is 23.1 Å². The molecule has 3 aromatic rings. The van der Waals surface area contributed by atoms with Crippen LogP contribution in [0.4, 0.5) is 0 Å². The van der Waals surface area contributed by atoms with Gasteiger partial charge in [-0.05, 0) is 37.8 Å². The average molecular weight is 808 g/mol. The largest absolute Gasteiger partial charge is 0.476 e. The van der Waals surface area contributed by atoms with E-state index in [-0.39, 0.29) is 110 Å². The van der Waals surface area contributed by atoms with Crippen LogP contribution in [0.5, 0.6) is 0 Å². The molecule has 3 aliphatic heterocycles. The van der Waals surface area contributed by atoms with Crippen LogP contribution in [0.25, 0.3) is 17.2 Å². The number of amides is 1. The summed E-state index contributed by atoms with van der Waals surface area (Å²) in [4.78, 5) is 13.5. The standard InChI is InChI=1S/C13H15N.C12H11NO.C12H13N.3Y/c1-12-6-2-3-7-13(12)8-11-14-9-4-5-10-14;1-8-5-3-4-6-10(8)11-7-13-12(14)9(11)2;1-9-5-3-4-6-11(9)12-8-13-7-10(12)2;;;/h2-3,6-8H,1,4-5,9-10H2;3-6,9H,1H2,2H3,(H,13,14);3-6,10,13H,1,7H2,2H3;;;/q3*-2;;;. The van der Waals surface area contributed by atoms with Gasteiger partial charge in [-0.1, -0.05) is 38.2 Å². The van der Waals surface area contributed by atoms with Crippen molar-refractivity contribution in [2.75, 3.05) is 19.6 Å². The third-order valence-electron chi connectivity index (χ3n) is 7.45. The van der Waals surface area contributed by atoms with Crippen molar-refractivity contribution < 1.29 is 103 Å². The predicted octanol–water partition coefficient (Wildman–Crippen LogP) is 6.76. The maximum absolute atomic E-state index is 11.3. The van der Waals surface area contributed by atoms with E-state index in [0.29, 0.717) is 5.92 Å². The van der Waals surface area contributed by atoms with E-state index in [1.807, 2.05) is 73.7 Å². The van der Waals surface area contributed by atoms with Crippen LogP contribution in [0, 0.1) is 51.2 Å². The van der Waals surface area contributed by atoms with Gasteiger partial charge >= 0.3 is 0 Å². The second-order valence-corrected chi connectivity index (χ2v) is 10.6. The molecule has 4 nitrogen and oxygen atoms in total. The fraction of sp³-hybridized carbons (Fsp3) is 0.243.